The molecule has 3 amide bonds. The highest BCUT2D eigenvalue weighted by atomic mass is 35.5. The van der Waals surface area contributed by atoms with E-state index >= 15 is 0 Å². The quantitative estimate of drug-likeness (QED) is 0.201. The number of nitrogens with zero attached hydrogens (tertiary/aromatic N) is 5. The maximum absolute atomic E-state index is 13.5. The number of carbonyl (C=O) groups excluding carboxylic acids is 3. The van der Waals surface area contributed by atoms with Gasteiger partial charge in [0.2, 0.25) is 11.8 Å². The first-order valence-electron chi connectivity index (χ1n) is 16.5. The first-order valence-corrected chi connectivity index (χ1v) is 17.2. The zero-order valence-electron chi connectivity index (χ0n) is 28.6. The molecule has 9 nitrogen and oxygen atoms in total. The van der Waals surface area contributed by atoms with Crippen LogP contribution in [0.2, 0.25) is 10.0 Å². The molecule has 2 heterocycles. The molecule has 0 spiro atoms. The van der Waals surface area contributed by atoms with Gasteiger partial charge in [0.15, 0.2) is 0 Å². The van der Waals surface area contributed by atoms with E-state index in [1.54, 1.807) is 37.0 Å². The van der Waals surface area contributed by atoms with Crippen LogP contribution in [-0.2, 0) is 14.4 Å². The second-order valence-corrected chi connectivity index (χ2v) is 14.1. The zero-order chi connectivity index (χ0) is 34.2. The minimum absolute atomic E-state index is 0.00810. The van der Waals surface area contributed by atoms with Crippen LogP contribution in [0.15, 0.2) is 41.6 Å². The number of likely N-dealkylation sites (tertiary alicyclic amines) is 2. The third kappa shape index (κ3) is 9.71. The maximum atomic E-state index is 13.5. The van der Waals surface area contributed by atoms with Gasteiger partial charge in [0.25, 0.3) is 5.91 Å². The van der Waals surface area contributed by atoms with Crippen LogP contribution in [0.3, 0.4) is 0 Å². The molecule has 0 aromatic heterocycles. The van der Waals surface area contributed by atoms with E-state index in [2.05, 4.69) is 10.1 Å². The molecule has 2 aromatic carbocycles. The summed E-state index contributed by atoms with van der Waals surface area (Å²) in [6.07, 6.45) is 4.51. The minimum Gasteiger partial charge on any atom is -0.399 e. The van der Waals surface area contributed by atoms with Crippen LogP contribution in [0.4, 0.5) is 0 Å². The largest absolute Gasteiger partial charge is 0.399 e. The number of oxime groups is 1. The minimum atomic E-state index is -0.220. The maximum Gasteiger partial charge on any atom is 0.253 e. The number of amides is 3. The Morgan fingerprint density at radius 3 is 2.28 bits per heavy atom. The molecule has 2 aromatic rings. The lowest BCUT2D eigenvalue weighted by Crippen LogP contribution is -2.52. The normalized spacial score (nSPS) is 18.6. The summed E-state index contributed by atoms with van der Waals surface area (Å²) in [7, 11) is 6.78. The van der Waals surface area contributed by atoms with Crippen LogP contribution in [0.5, 0.6) is 0 Å². The van der Waals surface area contributed by atoms with Crippen molar-refractivity contribution in [1.82, 2.24) is 19.6 Å². The summed E-state index contributed by atoms with van der Waals surface area (Å²) in [5.74, 6) is -0.341. The Labute approximate surface area is 289 Å². The van der Waals surface area contributed by atoms with Crippen LogP contribution >= 0.6 is 23.2 Å². The molecule has 2 atom stereocenters. The fourth-order valence-electron chi connectivity index (χ4n) is 6.90. The molecule has 0 aliphatic carbocycles. The molecule has 0 bridgehead atoms. The lowest BCUT2D eigenvalue weighted by Gasteiger charge is -2.42. The third-order valence-corrected chi connectivity index (χ3v) is 10.1. The number of carbonyl (C=O) groups is 3. The van der Waals surface area contributed by atoms with Crippen LogP contribution in [-0.4, -0.2) is 110 Å². The fraction of sp³-hybridized carbons (Fsp3) is 0.556. The summed E-state index contributed by atoms with van der Waals surface area (Å²) >= 11 is 12.8. The fourth-order valence-corrected chi connectivity index (χ4v) is 7.20. The molecule has 2 aliphatic rings. The summed E-state index contributed by atoms with van der Waals surface area (Å²) in [5.41, 5.74) is 4.38. The van der Waals surface area contributed by atoms with E-state index in [-0.39, 0.29) is 48.6 Å². The summed E-state index contributed by atoms with van der Waals surface area (Å²) in [6.45, 7) is 7.54. The Morgan fingerprint density at radius 2 is 1.66 bits per heavy atom. The van der Waals surface area contributed by atoms with E-state index in [0.29, 0.717) is 15.6 Å². The Hall–Kier alpha value is -3.14. The molecule has 4 rings (SSSR count). The van der Waals surface area contributed by atoms with Gasteiger partial charge in [0.1, 0.15) is 7.11 Å². The molecular weight excluding hydrogens is 637 g/mol. The molecule has 0 radical (unpaired) electrons. The monoisotopic (exact) mass is 685 g/mol. The number of piperidine rings is 2. The molecule has 0 saturated carbocycles. The van der Waals surface area contributed by atoms with Gasteiger partial charge in [-0.2, -0.15) is 0 Å². The predicted molar refractivity (Wildman–Crippen MR) is 188 cm³/mol. The van der Waals surface area contributed by atoms with Crippen molar-refractivity contribution in [2.75, 3.05) is 61.0 Å². The number of hydrogen-bond acceptors (Lipinski definition) is 6. The Bertz CT molecular complexity index is 1440. The smallest absolute Gasteiger partial charge is 0.253 e. The van der Waals surface area contributed by atoms with E-state index < -0.39 is 0 Å². The van der Waals surface area contributed by atoms with Gasteiger partial charge in [-0.3, -0.25) is 14.4 Å². The molecule has 0 N–H and O–H groups in total. The first kappa shape index (κ1) is 36.7. The van der Waals surface area contributed by atoms with Crippen LogP contribution in [0.25, 0.3) is 0 Å². The highest BCUT2D eigenvalue weighted by molar-refractivity contribution is 6.42. The molecule has 2 unspecified atom stereocenters. The van der Waals surface area contributed by atoms with Crippen molar-refractivity contribution in [3.8, 4) is 0 Å². The van der Waals surface area contributed by atoms with E-state index in [4.69, 9.17) is 28.0 Å². The SMILES string of the molecule is CO/N=C(/CN(C)C(=O)c1cc(C)cc(C)c1)C(CCN1CCC(N2CCCC(CC(=O)N(C)C)C2=O)CC1)c1ccc(Cl)c(Cl)c1. The Balaban J connectivity index is 1.44. The van der Waals surface area contributed by atoms with Crippen molar-refractivity contribution in [1.29, 1.82) is 0 Å². The van der Waals surface area contributed by atoms with Gasteiger partial charge < -0.3 is 24.4 Å². The average Bonchev–Trinajstić information content (AvgIpc) is 3.03. The highest BCUT2D eigenvalue weighted by Crippen LogP contribution is 2.31. The summed E-state index contributed by atoms with van der Waals surface area (Å²) in [4.78, 5) is 52.2. The van der Waals surface area contributed by atoms with Gasteiger partial charge in [0, 0.05) is 70.6 Å². The van der Waals surface area contributed by atoms with Crippen molar-refractivity contribution < 1.29 is 19.2 Å². The molecular formula is C36H49Cl2N5O4. The van der Waals surface area contributed by atoms with Crippen LogP contribution in [0.1, 0.15) is 71.5 Å². The van der Waals surface area contributed by atoms with Gasteiger partial charge in [-0.25, -0.2) is 0 Å². The van der Waals surface area contributed by atoms with Gasteiger partial charge in [0.05, 0.1) is 22.3 Å². The molecule has 256 valence electrons. The van der Waals surface area contributed by atoms with Gasteiger partial charge in [-0.05, 0) is 82.3 Å². The van der Waals surface area contributed by atoms with Crippen molar-refractivity contribution >= 4 is 46.6 Å². The van der Waals surface area contributed by atoms with Gasteiger partial charge in [-0.15, -0.1) is 0 Å². The van der Waals surface area contributed by atoms with Crippen LogP contribution < -0.4 is 0 Å². The molecule has 11 heteroatoms. The number of benzene rings is 2. The summed E-state index contributed by atoms with van der Waals surface area (Å²) in [5, 5.41) is 5.38. The van der Waals surface area contributed by atoms with Crippen LogP contribution in [0, 0.1) is 19.8 Å². The lowest BCUT2D eigenvalue weighted by atomic mass is 9.89. The van der Waals surface area contributed by atoms with Gasteiger partial charge >= 0.3 is 0 Å². The standard InChI is InChI=1S/C36H49Cl2N5O4/c1-24-18-25(2)20-28(19-24)35(45)41(5)23-33(39-47-6)30(26-9-10-31(37)32(38)21-26)13-17-42-15-11-29(12-16-42)43-14-7-8-27(36(43)46)22-34(44)40(3)4/h9-10,18-21,27,29-30H,7-8,11-17,22-23H2,1-6H3/b39-33-. The van der Waals surface area contributed by atoms with E-state index in [1.165, 1.54) is 7.11 Å². The molecule has 2 fully saturated rings. The number of halogens is 2. The van der Waals surface area contributed by atoms with Gasteiger partial charge in [-0.1, -0.05) is 51.6 Å². The first-order chi connectivity index (χ1) is 22.4. The lowest BCUT2D eigenvalue weighted by molar-refractivity contribution is -0.146. The van der Waals surface area contributed by atoms with E-state index in [9.17, 15) is 14.4 Å². The Morgan fingerprint density at radius 1 is 0.979 bits per heavy atom. The second-order valence-electron chi connectivity index (χ2n) is 13.3. The molecule has 2 aliphatic heterocycles. The third-order valence-electron chi connectivity index (χ3n) is 9.41. The van der Waals surface area contributed by atoms with E-state index in [1.807, 2.05) is 49.1 Å². The summed E-state index contributed by atoms with van der Waals surface area (Å²) < 4.78 is 0. The second kappa shape index (κ2) is 16.8. The van der Waals surface area contributed by atoms with E-state index in [0.717, 1.165) is 80.7 Å². The number of hydrogen-bond donors (Lipinski definition) is 0. The summed E-state index contributed by atoms with van der Waals surface area (Å²) in [6, 6.07) is 11.7. The van der Waals surface area contributed by atoms with Crippen molar-refractivity contribution in [2.45, 2.75) is 64.3 Å². The molecule has 47 heavy (non-hydrogen) atoms. The number of aryl methyl sites for hydroxylation is 2. The van der Waals surface area contributed by atoms with Crippen molar-refractivity contribution in [3.63, 3.8) is 0 Å². The zero-order valence-corrected chi connectivity index (χ0v) is 30.1. The Kier molecular flexibility index (Phi) is 13.1. The highest BCUT2D eigenvalue weighted by Gasteiger charge is 2.36. The molecule has 2 saturated heterocycles. The number of rotatable bonds is 12. The predicted octanol–water partition coefficient (Wildman–Crippen LogP) is 6.04. The average molecular weight is 687 g/mol. The van der Waals surface area contributed by atoms with Crippen molar-refractivity contribution in [2.24, 2.45) is 11.1 Å². The topological polar surface area (TPSA) is 85.8 Å². The van der Waals surface area contributed by atoms with Crippen molar-refractivity contribution in [3.05, 3.63) is 68.7 Å².